The number of nitrogens with zero attached hydrogens (tertiary/aromatic N) is 4. The Kier molecular flexibility index (Phi) is 6.36. The molecule has 7 nitrogen and oxygen atoms in total. The van der Waals surface area contributed by atoms with Crippen LogP contribution in [0.2, 0.25) is 10.0 Å². The van der Waals surface area contributed by atoms with Gasteiger partial charge < -0.3 is 10.0 Å². The number of aliphatic carboxylic acids is 1. The van der Waals surface area contributed by atoms with Crippen molar-refractivity contribution in [2.75, 3.05) is 26.2 Å². The summed E-state index contributed by atoms with van der Waals surface area (Å²) < 4.78 is 1.45. The van der Waals surface area contributed by atoms with E-state index in [-0.39, 0.29) is 18.9 Å². The van der Waals surface area contributed by atoms with Gasteiger partial charge >= 0.3 is 5.97 Å². The number of benzene rings is 1. The van der Waals surface area contributed by atoms with Gasteiger partial charge in [0.05, 0.1) is 13.0 Å². The lowest BCUT2D eigenvalue weighted by Gasteiger charge is -2.34. The fourth-order valence-corrected chi connectivity index (χ4v) is 3.52. The Morgan fingerprint density at radius 3 is 2.52 bits per heavy atom. The normalized spacial score (nSPS) is 15.1. The maximum absolute atomic E-state index is 12.7. The van der Waals surface area contributed by atoms with Crippen molar-refractivity contribution in [2.45, 2.75) is 19.5 Å². The van der Waals surface area contributed by atoms with E-state index in [1.54, 1.807) is 17.0 Å². The molecule has 144 valence electrons. The van der Waals surface area contributed by atoms with E-state index in [0.717, 1.165) is 18.7 Å². The Morgan fingerprint density at radius 2 is 1.85 bits per heavy atom. The van der Waals surface area contributed by atoms with Gasteiger partial charge in [-0.1, -0.05) is 29.3 Å². The molecule has 1 aliphatic rings. The van der Waals surface area contributed by atoms with Crippen LogP contribution >= 0.6 is 23.2 Å². The third kappa shape index (κ3) is 5.00. The van der Waals surface area contributed by atoms with Gasteiger partial charge in [0.1, 0.15) is 5.69 Å². The van der Waals surface area contributed by atoms with Gasteiger partial charge in [-0.15, -0.1) is 0 Å². The quantitative estimate of drug-likeness (QED) is 0.791. The van der Waals surface area contributed by atoms with E-state index in [1.807, 2.05) is 12.1 Å². The Morgan fingerprint density at radius 1 is 1.11 bits per heavy atom. The molecule has 1 aromatic heterocycles. The second-order valence-electron chi connectivity index (χ2n) is 6.39. The summed E-state index contributed by atoms with van der Waals surface area (Å²) in [6.45, 7) is 3.53. The summed E-state index contributed by atoms with van der Waals surface area (Å²) >= 11 is 12.2. The highest BCUT2D eigenvalue weighted by Crippen LogP contribution is 2.23. The molecule has 9 heteroatoms. The van der Waals surface area contributed by atoms with Crippen molar-refractivity contribution in [1.82, 2.24) is 19.6 Å². The Balaban J connectivity index is 1.57. The van der Waals surface area contributed by atoms with E-state index in [4.69, 9.17) is 28.3 Å². The van der Waals surface area contributed by atoms with Crippen LogP contribution in [-0.2, 0) is 17.9 Å². The second-order valence-corrected chi connectivity index (χ2v) is 7.23. The number of carbonyl (C=O) groups is 2. The standard InChI is InChI=1S/C18H20Cl2N4O3/c19-14-2-1-13(15(20)11-14)12-22-7-9-23(10-8-22)18(27)16-3-5-21-24(16)6-4-17(25)26/h1-3,5,11H,4,6-10,12H2,(H,25,26). The lowest BCUT2D eigenvalue weighted by Crippen LogP contribution is -2.48. The molecule has 0 aliphatic carbocycles. The average Bonchev–Trinajstić information content (AvgIpc) is 3.11. The molecule has 0 spiro atoms. The summed E-state index contributed by atoms with van der Waals surface area (Å²) in [6, 6.07) is 7.10. The number of halogens is 2. The molecule has 3 rings (SSSR count). The largest absolute Gasteiger partial charge is 0.481 e. The van der Waals surface area contributed by atoms with Crippen LogP contribution in [0, 0.1) is 0 Å². The van der Waals surface area contributed by atoms with E-state index in [0.29, 0.717) is 35.4 Å². The molecule has 1 amide bonds. The summed E-state index contributed by atoms with van der Waals surface area (Å²) in [4.78, 5) is 27.5. The Bertz CT molecular complexity index is 832. The number of piperazine rings is 1. The van der Waals surface area contributed by atoms with Gasteiger partial charge in [0, 0.05) is 49.0 Å². The molecule has 1 N–H and O–H groups in total. The topological polar surface area (TPSA) is 78.7 Å². The van der Waals surface area contributed by atoms with Crippen LogP contribution in [0.1, 0.15) is 22.5 Å². The third-order valence-corrected chi connectivity index (χ3v) is 5.13. The Hall–Kier alpha value is -2.09. The zero-order valence-corrected chi connectivity index (χ0v) is 16.2. The zero-order valence-electron chi connectivity index (χ0n) is 14.6. The van der Waals surface area contributed by atoms with E-state index < -0.39 is 5.97 Å². The van der Waals surface area contributed by atoms with Crippen molar-refractivity contribution < 1.29 is 14.7 Å². The Labute approximate surface area is 167 Å². The van der Waals surface area contributed by atoms with Gasteiger partial charge in [-0.25, -0.2) is 0 Å². The van der Waals surface area contributed by atoms with Gasteiger partial charge in [0.25, 0.3) is 5.91 Å². The van der Waals surface area contributed by atoms with Crippen molar-refractivity contribution in [1.29, 1.82) is 0 Å². The molecule has 0 saturated carbocycles. The summed E-state index contributed by atoms with van der Waals surface area (Å²) in [5, 5.41) is 14.1. The summed E-state index contributed by atoms with van der Waals surface area (Å²) in [6.07, 6.45) is 1.45. The smallest absolute Gasteiger partial charge is 0.305 e. The predicted molar refractivity (Wildman–Crippen MR) is 102 cm³/mol. The molecular weight excluding hydrogens is 391 g/mol. The van der Waals surface area contributed by atoms with Crippen molar-refractivity contribution in [3.05, 3.63) is 51.8 Å². The number of rotatable bonds is 6. The number of aromatic nitrogens is 2. The fraction of sp³-hybridized carbons (Fsp3) is 0.389. The maximum Gasteiger partial charge on any atom is 0.305 e. The maximum atomic E-state index is 12.7. The van der Waals surface area contributed by atoms with E-state index in [9.17, 15) is 9.59 Å². The van der Waals surface area contributed by atoms with Crippen LogP contribution in [0.4, 0.5) is 0 Å². The molecular formula is C18H20Cl2N4O3. The third-order valence-electron chi connectivity index (χ3n) is 4.54. The van der Waals surface area contributed by atoms with Crippen LogP contribution in [0.5, 0.6) is 0 Å². The molecule has 0 bridgehead atoms. The molecule has 1 aliphatic heterocycles. The first-order valence-electron chi connectivity index (χ1n) is 8.63. The van der Waals surface area contributed by atoms with Gasteiger partial charge in [0.15, 0.2) is 0 Å². The highest BCUT2D eigenvalue weighted by Gasteiger charge is 2.24. The van der Waals surface area contributed by atoms with Crippen LogP contribution in [0.15, 0.2) is 30.5 Å². The number of carboxylic acid groups (broad SMARTS) is 1. The van der Waals surface area contributed by atoms with Gasteiger partial charge in [-0.3, -0.25) is 19.2 Å². The molecule has 1 fully saturated rings. The van der Waals surface area contributed by atoms with E-state index in [2.05, 4.69) is 10.00 Å². The highest BCUT2D eigenvalue weighted by atomic mass is 35.5. The second kappa shape index (κ2) is 8.73. The van der Waals surface area contributed by atoms with Gasteiger partial charge in [-0.2, -0.15) is 5.10 Å². The summed E-state index contributed by atoms with van der Waals surface area (Å²) in [5.74, 6) is -1.04. The molecule has 1 saturated heterocycles. The minimum atomic E-state index is -0.918. The van der Waals surface area contributed by atoms with Gasteiger partial charge in [0.2, 0.25) is 0 Å². The van der Waals surface area contributed by atoms with Crippen molar-refractivity contribution in [2.24, 2.45) is 0 Å². The first-order valence-corrected chi connectivity index (χ1v) is 9.39. The van der Waals surface area contributed by atoms with E-state index in [1.165, 1.54) is 10.9 Å². The summed E-state index contributed by atoms with van der Waals surface area (Å²) in [5.41, 5.74) is 1.43. The number of aryl methyl sites for hydroxylation is 1. The van der Waals surface area contributed by atoms with Crippen LogP contribution in [0.3, 0.4) is 0 Å². The number of hydrogen-bond donors (Lipinski definition) is 1. The van der Waals surface area contributed by atoms with Crippen molar-refractivity contribution in [3.8, 4) is 0 Å². The first kappa shape index (κ1) is 19.7. The molecule has 0 radical (unpaired) electrons. The molecule has 2 aromatic rings. The molecule has 27 heavy (non-hydrogen) atoms. The SMILES string of the molecule is O=C(O)CCn1nccc1C(=O)N1CCN(Cc2ccc(Cl)cc2Cl)CC1. The molecule has 0 unspecified atom stereocenters. The van der Waals surface area contributed by atoms with Crippen LogP contribution in [0.25, 0.3) is 0 Å². The first-order chi connectivity index (χ1) is 12.9. The minimum Gasteiger partial charge on any atom is -0.481 e. The summed E-state index contributed by atoms with van der Waals surface area (Å²) in [7, 11) is 0. The lowest BCUT2D eigenvalue weighted by atomic mass is 10.2. The monoisotopic (exact) mass is 410 g/mol. The van der Waals surface area contributed by atoms with E-state index >= 15 is 0 Å². The number of hydrogen-bond acceptors (Lipinski definition) is 4. The van der Waals surface area contributed by atoms with Gasteiger partial charge in [-0.05, 0) is 23.8 Å². The fourth-order valence-electron chi connectivity index (χ4n) is 3.06. The number of carbonyl (C=O) groups excluding carboxylic acids is 1. The number of amides is 1. The minimum absolute atomic E-state index is 0.0718. The zero-order chi connectivity index (χ0) is 19.4. The van der Waals surface area contributed by atoms with Crippen LogP contribution < -0.4 is 0 Å². The van der Waals surface area contributed by atoms with Crippen molar-refractivity contribution in [3.63, 3.8) is 0 Å². The lowest BCUT2D eigenvalue weighted by molar-refractivity contribution is -0.137. The number of carboxylic acids is 1. The molecule has 1 aromatic carbocycles. The van der Waals surface area contributed by atoms with Crippen molar-refractivity contribution >= 4 is 35.1 Å². The highest BCUT2D eigenvalue weighted by molar-refractivity contribution is 6.35. The molecule has 0 atom stereocenters. The predicted octanol–water partition coefficient (Wildman–Crippen LogP) is 2.62. The average molecular weight is 411 g/mol. The molecule has 2 heterocycles. The van der Waals surface area contributed by atoms with Crippen LogP contribution in [-0.4, -0.2) is 62.7 Å².